The molecule has 0 unspecified atom stereocenters. The number of piperidine rings is 1. The van der Waals surface area contributed by atoms with Gasteiger partial charge in [0.15, 0.2) is 6.61 Å². The van der Waals surface area contributed by atoms with Crippen LogP contribution >= 0.6 is 0 Å². The van der Waals surface area contributed by atoms with E-state index in [0.29, 0.717) is 25.6 Å². The van der Waals surface area contributed by atoms with Gasteiger partial charge in [0.1, 0.15) is 5.75 Å². The van der Waals surface area contributed by atoms with Crippen LogP contribution in [0.1, 0.15) is 18.4 Å². The molecule has 0 aromatic heterocycles. The maximum atomic E-state index is 11.9. The van der Waals surface area contributed by atoms with Gasteiger partial charge in [0.05, 0.1) is 7.11 Å². The van der Waals surface area contributed by atoms with Crippen molar-refractivity contribution in [1.29, 1.82) is 0 Å². The van der Waals surface area contributed by atoms with Gasteiger partial charge in [-0.3, -0.25) is 4.79 Å². The molecule has 0 saturated carbocycles. The van der Waals surface area contributed by atoms with E-state index in [4.69, 9.17) is 9.47 Å². The Kier molecular flexibility index (Phi) is 6.26. The lowest BCUT2D eigenvalue weighted by molar-refractivity contribution is -0.123. The molecule has 1 aromatic rings. The Labute approximate surface area is 136 Å². The number of para-hydroxylation sites is 1. The van der Waals surface area contributed by atoms with Gasteiger partial charge >= 0.3 is 6.09 Å². The Morgan fingerprint density at radius 2 is 1.96 bits per heavy atom. The monoisotopic (exact) mass is 320 g/mol. The van der Waals surface area contributed by atoms with E-state index < -0.39 is 0 Å². The first kappa shape index (κ1) is 17.1. The van der Waals surface area contributed by atoms with Gasteiger partial charge in [0.2, 0.25) is 0 Å². The van der Waals surface area contributed by atoms with Gasteiger partial charge in [0, 0.05) is 19.6 Å². The number of nitrogens with zero attached hydrogens (tertiary/aromatic N) is 1. The average molecular weight is 320 g/mol. The summed E-state index contributed by atoms with van der Waals surface area (Å²) in [6, 6.07) is 7.62. The summed E-state index contributed by atoms with van der Waals surface area (Å²) in [5.74, 6) is 0.996. The summed E-state index contributed by atoms with van der Waals surface area (Å²) in [4.78, 5) is 25.0. The molecule has 23 heavy (non-hydrogen) atoms. The molecular formula is C17H24N2O4. The molecule has 6 nitrogen and oxygen atoms in total. The zero-order valence-corrected chi connectivity index (χ0v) is 13.7. The van der Waals surface area contributed by atoms with E-state index in [1.54, 1.807) is 4.90 Å². The first-order valence-corrected chi connectivity index (χ1v) is 7.88. The van der Waals surface area contributed by atoms with Crippen molar-refractivity contribution in [1.82, 2.24) is 10.2 Å². The first-order chi connectivity index (χ1) is 11.1. The molecule has 1 fully saturated rings. The van der Waals surface area contributed by atoms with Crippen molar-refractivity contribution in [3.8, 4) is 5.75 Å². The number of benzene rings is 1. The number of hydrogen-bond acceptors (Lipinski definition) is 4. The van der Waals surface area contributed by atoms with Gasteiger partial charge in [-0.15, -0.1) is 0 Å². The Morgan fingerprint density at radius 3 is 2.61 bits per heavy atom. The summed E-state index contributed by atoms with van der Waals surface area (Å²) >= 11 is 0. The third kappa shape index (κ3) is 5.16. The second kappa shape index (κ2) is 8.41. The molecule has 6 heteroatoms. The summed E-state index contributed by atoms with van der Waals surface area (Å²) in [5, 5.41) is 2.90. The van der Waals surface area contributed by atoms with E-state index in [2.05, 4.69) is 5.32 Å². The highest BCUT2D eigenvalue weighted by Crippen LogP contribution is 2.17. The Hall–Kier alpha value is -2.24. The lowest BCUT2D eigenvalue weighted by atomic mass is 9.97. The van der Waals surface area contributed by atoms with Crippen molar-refractivity contribution in [2.45, 2.75) is 19.8 Å². The molecular weight excluding hydrogens is 296 g/mol. The maximum Gasteiger partial charge on any atom is 0.409 e. The standard InChI is InChI=1S/C17H24N2O4/c1-13-5-3-4-6-15(13)23-12-16(20)18-11-14-7-9-19(10-8-14)17(21)22-2/h3-6,14H,7-12H2,1-2H3,(H,18,20). The highest BCUT2D eigenvalue weighted by atomic mass is 16.5. The van der Waals surface area contributed by atoms with E-state index in [-0.39, 0.29) is 18.6 Å². The molecule has 0 atom stereocenters. The van der Waals surface area contributed by atoms with Crippen LogP contribution in [0, 0.1) is 12.8 Å². The van der Waals surface area contributed by atoms with E-state index in [1.807, 2.05) is 31.2 Å². The van der Waals surface area contributed by atoms with Crippen molar-refractivity contribution in [3.05, 3.63) is 29.8 Å². The van der Waals surface area contributed by atoms with Gasteiger partial charge in [0.25, 0.3) is 5.91 Å². The van der Waals surface area contributed by atoms with Crippen LogP contribution in [-0.2, 0) is 9.53 Å². The van der Waals surface area contributed by atoms with Gasteiger partial charge < -0.3 is 19.7 Å². The Bertz CT molecular complexity index is 539. The van der Waals surface area contributed by atoms with Gasteiger partial charge in [-0.1, -0.05) is 18.2 Å². The van der Waals surface area contributed by atoms with Crippen molar-refractivity contribution in [3.63, 3.8) is 0 Å². The molecule has 1 N–H and O–H groups in total. The lowest BCUT2D eigenvalue weighted by Gasteiger charge is -2.30. The largest absolute Gasteiger partial charge is 0.484 e. The number of methoxy groups -OCH3 is 1. The second-order valence-electron chi connectivity index (χ2n) is 5.76. The number of ether oxygens (including phenoxy) is 2. The lowest BCUT2D eigenvalue weighted by Crippen LogP contribution is -2.42. The number of likely N-dealkylation sites (tertiary alicyclic amines) is 1. The molecule has 1 aliphatic heterocycles. The molecule has 1 saturated heterocycles. The summed E-state index contributed by atoms with van der Waals surface area (Å²) in [6.45, 7) is 3.93. The van der Waals surface area contributed by atoms with E-state index >= 15 is 0 Å². The number of aryl methyl sites for hydroxylation is 1. The van der Waals surface area contributed by atoms with Crippen molar-refractivity contribution in [2.75, 3.05) is 33.4 Å². The number of rotatable bonds is 5. The third-order valence-electron chi connectivity index (χ3n) is 4.09. The van der Waals surface area contributed by atoms with Crippen LogP contribution in [0.5, 0.6) is 5.75 Å². The normalized spacial score (nSPS) is 15.1. The highest BCUT2D eigenvalue weighted by Gasteiger charge is 2.23. The van der Waals surface area contributed by atoms with E-state index in [0.717, 1.165) is 24.2 Å². The topological polar surface area (TPSA) is 67.9 Å². The number of amides is 2. The number of carbonyl (C=O) groups excluding carboxylic acids is 2. The SMILES string of the molecule is COC(=O)N1CCC(CNC(=O)COc2ccccc2C)CC1. The molecule has 0 aliphatic carbocycles. The highest BCUT2D eigenvalue weighted by molar-refractivity contribution is 5.77. The molecule has 1 heterocycles. The van der Waals surface area contributed by atoms with Crippen LogP contribution in [0.25, 0.3) is 0 Å². The molecule has 1 aliphatic rings. The predicted octanol–water partition coefficient (Wildman–Crippen LogP) is 1.97. The molecule has 1 aromatic carbocycles. The van der Waals surface area contributed by atoms with Gasteiger partial charge in [-0.05, 0) is 37.3 Å². The minimum atomic E-state index is -0.279. The molecule has 0 spiro atoms. The molecule has 0 radical (unpaired) electrons. The Balaban J connectivity index is 1.66. The molecule has 2 rings (SSSR count). The van der Waals surface area contributed by atoms with Crippen LogP contribution in [0.15, 0.2) is 24.3 Å². The quantitative estimate of drug-likeness (QED) is 0.900. The third-order valence-corrected chi connectivity index (χ3v) is 4.09. The minimum Gasteiger partial charge on any atom is -0.484 e. The van der Waals surface area contributed by atoms with Crippen LogP contribution in [0.4, 0.5) is 4.79 Å². The fourth-order valence-corrected chi connectivity index (χ4v) is 2.62. The molecule has 0 bridgehead atoms. The first-order valence-electron chi connectivity index (χ1n) is 7.88. The summed E-state index contributed by atoms with van der Waals surface area (Å²) in [6.07, 6.45) is 1.46. The van der Waals surface area contributed by atoms with E-state index in [1.165, 1.54) is 7.11 Å². The van der Waals surface area contributed by atoms with Gasteiger partial charge in [-0.25, -0.2) is 4.79 Å². The zero-order valence-electron chi connectivity index (χ0n) is 13.7. The zero-order chi connectivity index (χ0) is 16.7. The fraction of sp³-hybridized carbons (Fsp3) is 0.529. The molecule has 2 amide bonds. The number of hydrogen-bond donors (Lipinski definition) is 1. The number of carbonyl (C=O) groups is 2. The van der Waals surface area contributed by atoms with Gasteiger partial charge in [-0.2, -0.15) is 0 Å². The van der Waals surface area contributed by atoms with Crippen LogP contribution < -0.4 is 10.1 Å². The predicted molar refractivity (Wildman–Crippen MR) is 86.4 cm³/mol. The minimum absolute atomic E-state index is 0.0197. The molecule has 126 valence electrons. The second-order valence-corrected chi connectivity index (χ2v) is 5.76. The summed E-state index contributed by atoms with van der Waals surface area (Å²) in [7, 11) is 1.39. The Morgan fingerprint density at radius 1 is 1.26 bits per heavy atom. The summed E-state index contributed by atoms with van der Waals surface area (Å²) < 4.78 is 10.2. The smallest absolute Gasteiger partial charge is 0.409 e. The van der Waals surface area contributed by atoms with Crippen LogP contribution in [-0.4, -0.2) is 50.3 Å². The van der Waals surface area contributed by atoms with Crippen molar-refractivity contribution < 1.29 is 19.1 Å². The maximum absolute atomic E-state index is 11.9. The van der Waals surface area contributed by atoms with Crippen molar-refractivity contribution in [2.24, 2.45) is 5.92 Å². The average Bonchev–Trinajstić information content (AvgIpc) is 2.59. The number of nitrogens with one attached hydrogen (secondary N) is 1. The van der Waals surface area contributed by atoms with Crippen LogP contribution in [0.3, 0.4) is 0 Å². The van der Waals surface area contributed by atoms with Crippen molar-refractivity contribution >= 4 is 12.0 Å². The fourth-order valence-electron chi connectivity index (χ4n) is 2.62. The van der Waals surface area contributed by atoms with Crippen LogP contribution in [0.2, 0.25) is 0 Å². The summed E-state index contributed by atoms with van der Waals surface area (Å²) in [5.41, 5.74) is 1.01. The van der Waals surface area contributed by atoms with E-state index in [9.17, 15) is 9.59 Å².